The van der Waals surface area contributed by atoms with E-state index in [9.17, 15) is 5.11 Å². The Morgan fingerprint density at radius 1 is 1.03 bits per heavy atom. The Bertz CT molecular complexity index is 712. The van der Waals surface area contributed by atoms with Crippen LogP contribution in [-0.2, 0) is 0 Å². The van der Waals surface area contributed by atoms with E-state index in [0.717, 1.165) is 30.6 Å². The molecule has 29 heavy (non-hydrogen) atoms. The van der Waals surface area contributed by atoms with E-state index in [2.05, 4.69) is 65.8 Å². The van der Waals surface area contributed by atoms with Gasteiger partial charge in [0, 0.05) is 0 Å². The van der Waals surface area contributed by atoms with Crippen molar-refractivity contribution in [2.75, 3.05) is 0 Å². The number of aliphatic hydroxyl groups is 1. The molecule has 2 fully saturated rings. The largest absolute Gasteiger partial charge is 0.393 e. The van der Waals surface area contributed by atoms with Gasteiger partial charge in [0.1, 0.15) is 0 Å². The molecule has 0 amide bonds. The lowest BCUT2D eigenvalue weighted by molar-refractivity contribution is 0.0443. The third-order valence-corrected chi connectivity index (χ3v) is 9.99. The van der Waals surface area contributed by atoms with E-state index in [1.807, 2.05) is 0 Å². The Hall–Kier alpha value is -0.820. The first-order chi connectivity index (χ1) is 13.7. The molecule has 1 heteroatoms. The van der Waals surface area contributed by atoms with Gasteiger partial charge in [-0.25, -0.2) is 0 Å². The number of hydrogen-bond donors (Lipinski definition) is 1. The van der Waals surface area contributed by atoms with Gasteiger partial charge in [0.05, 0.1) is 6.10 Å². The van der Waals surface area contributed by atoms with Crippen LogP contribution >= 0.6 is 0 Å². The van der Waals surface area contributed by atoms with Crippen molar-refractivity contribution < 1.29 is 5.11 Å². The lowest BCUT2D eigenvalue weighted by Gasteiger charge is -2.53. The minimum absolute atomic E-state index is 0.0922. The summed E-state index contributed by atoms with van der Waals surface area (Å²) in [5.74, 6) is 4.17. The van der Waals surface area contributed by atoms with E-state index < -0.39 is 0 Å². The number of hydrogen-bond acceptors (Lipinski definition) is 1. The van der Waals surface area contributed by atoms with Gasteiger partial charge in [-0.2, -0.15) is 0 Å². The van der Waals surface area contributed by atoms with E-state index in [1.165, 1.54) is 32.1 Å². The van der Waals surface area contributed by atoms with Crippen molar-refractivity contribution in [3.8, 4) is 0 Å². The van der Waals surface area contributed by atoms with Gasteiger partial charge in [0.2, 0.25) is 0 Å². The van der Waals surface area contributed by atoms with Crippen LogP contribution in [0.15, 0.2) is 35.5 Å². The second-order valence-electron chi connectivity index (χ2n) is 11.8. The molecule has 0 aromatic carbocycles. The summed E-state index contributed by atoms with van der Waals surface area (Å²) in [4.78, 5) is 0. The maximum Gasteiger partial charge on any atom is 0.0546 e. The highest BCUT2D eigenvalue weighted by Gasteiger charge is 2.54. The highest BCUT2D eigenvalue weighted by molar-refractivity contribution is 5.42. The summed E-state index contributed by atoms with van der Waals surface area (Å²) in [5.41, 5.74) is 4.24. The fourth-order valence-electron chi connectivity index (χ4n) is 7.49. The van der Waals surface area contributed by atoms with Crippen LogP contribution in [0.5, 0.6) is 0 Å². The van der Waals surface area contributed by atoms with Crippen LogP contribution in [0.1, 0.15) is 86.5 Å². The topological polar surface area (TPSA) is 20.2 Å². The van der Waals surface area contributed by atoms with Gasteiger partial charge in [-0.15, -0.1) is 0 Å². The van der Waals surface area contributed by atoms with Crippen molar-refractivity contribution >= 4 is 0 Å². The number of allylic oxidation sites excluding steroid dienone is 6. The summed E-state index contributed by atoms with van der Waals surface area (Å²) >= 11 is 0. The van der Waals surface area contributed by atoms with E-state index in [0.29, 0.717) is 28.6 Å². The summed E-state index contributed by atoms with van der Waals surface area (Å²) in [6.45, 7) is 14.6. The zero-order chi connectivity index (χ0) is 21.0. The maximum absolute atomic E-state index is 10.2. The van der Waals surface area contributed by atoms with Gasteiger partial charge in [-0.1, -0.05) is 71.4 Å². The number of rotatable bonds is 4. The van der Waals surface area contributed by atoms with Crippen molar-refractivity contribution in [1.82, 2.24) is 0 Å². The monoisotopic (exact) mass is 396 g/mol. The minimum atomic E-state index is -0.0922. The van der Waals surface area contributed by atoms with Crippen LogP contribution in [0.3, 0.4) is 0 Å². The normalized spacial score (nSPS) is 44.0. The third kappa shape index (κ3) is 3.50. The number of aliphatic hydroxyl groups excluding tert-OH is 1. The Kier molecular flexibility index (Phi) is 5.69. The van der Waals surface area contributed by atoms with Crippen molar-refractivity contribution in [1.29, 1.82) is 0 Å². The van der Waals surface area contributed by atoms with Crippen molar-refractivity contribution in [2.24, 2.45) is 46.3 Å². The van der Waals surface area contributed by atoms with Gasteiger partial charge < -0.3 is 5.11 Å². The third-order valence-electron chi connectivity index (χ3n) is 9.99. The molecule has 0 aromatic rings. The molecule has 4 aliphatic rings. The molecule has 162 valence electrons. The number of fused-ring (bicyclic) bond motifs is 4. The van der Waals surface area contributed by atoms with Crippen LogP contribution in [0.25, 0.3) is 0 Å². The lowest BCUT2D eigenvalue weighted by atomic mass is 9.52. The molecule has 0 unspecified atom stereocenters. The summed E-state index contributed by atoms with van der Waals surface area (Å²) in [6.07, 6.45) is 18.4. The second-order valence-corrected chi connectivity index (χ2v) is 11.8. The Morgan fingerprint density at radius 3 is 2.52 bits per heavy atom. The molecule has 8 atom stereocenters. The molecule has 1 N–H and O–H groups in total. The summed E-state index contributed by atoms with van der Waals surface area (Å²) in [7, 11) is 0. The molecule has 4 aliphatic carbocycles. The summed E-state index contributed by atoms with van der Waals surface area (Å²) in [6, 6.07) is 0. The highest BCUT2D eigenvalue weighted by Crippen LogP contribution is 2.64. The van der Waals surface area contributed by atoms with Crippen LogP contribution in [0.4, 0.5) is 0 Å². The van der Waals surface area contributed by atoms with Gasteiger partial charge in [-0.05, 0) is 96.9 Å². The summed E-state index contributed by atoms with van der Waals surface area (Å²) in [5, 5.41) is 10.2. The fourth-order valence-corrected chi connectivity index (χ4v) is 7.49. The highest BCUT2D eigenvalue weighted by atomic mass is 16.3. The SMILES string of the molecule is CC(C)[C@@H](C)C=C[C@H](C)[C@H]1CC[C@@H]2C3=C(CC[C@@]21C)[C@@]1(C)CC[C@H](O)C[C@H]1C=C3. The molecule has 0 heterocycles. The molecular weight excluding hydrogens is 352 g/mol. The Morgan fingerprint density at radius 2 is 1.79 bits per heavy atom. The van der Waals surface area contributed by atoms with Gasteiger partial charge >= 0.3 is 0 Å². The van der Waals surface area contributed by atoms with Crippen LogP contribution in [0.2, 0.25) is 0 Å². The van der Waals surface area contributed by atoms with Crippen molar-refractivity contribution in [3.05, 3.63) is 35.5 Å². The standard InChI is InChI=1S/C28H44O/c1-18(2)19(3)7-8-20(4)24-11-12-25-23-10-9-21-17-22(29)13-15-27(21,5)26(23)14-16-28(24,25)6/h7-10,18-22,24-25,29H,11-17H2,1-6H3/t19-,20-,21+,22-,24+,25+,27-,28+/m0/s1. The molecule has 2 saturated carbocycles. The van der Waals surface area contributed by atoms with Crippen molar-refractivity contribution in [3.63, 3.8) is 0 Å². The Labute approximate surface area is 179 Å². The first kappa shape index (κ1) is 21.4. The molecule has 4 rings (SSSR count). The molecule has 0 spiro atoms. The quantitative estimate of drug-likeness (QED) is 0.493. The van der Waals surface area contributed by atoms with Crippen LogP contribution in [0, 0.1) is 46.3 Å². The van der Waals surface area contributed by atoms with Crippen molar-refractivity contribution in [2.45, 2.75) is 92.6 Å². The molecular formula is C28H44O. The fraction of sp³-hybridized carbons (Fsp3) is 0.786. The molecule has 1 nitrogen and oxygen atoms in total. The van der Waals surface area contributed by atoms with E-state index >= 15 is 0 Å². The second kappa shape index (κ2) is 7.70. The molecule has 0 aromatic heterocycles. The zero-order valence-corrected chi connectivity index (χ0v) is 19.7. The smallest absolute Gasteiger partial charge is 0.0546 e. The average molecular weight is 397 g/mol. The lowest BCUT2D eigenvalue weighted by Crippen LogP contribution is -2.44. The maximum atomic E-state index is 10.2. The Balaban J connectivity index is 1.57. The molecule has 0 saturated heterocycles. The first-order valence-corrected chi connectivity index (χ1v) is 12.4. The van der Waals surface area contributed by atoms with Gasteiger partial charge in [-0.3, -0.25) is 0 Å². The van der Waals surface area contributed by atoms with Gasteiger partial charge in [0.25, 0.3) is 0 Å². The first-order valence-electron chi connectivity index (χ1n) is 12.4. The van der Waals surface area contributed by atoms with Gasteiger partial charge in [0.15, 0.2) is 0 Å². The molecule has 0 bridgehead atoms. The van der Waals surface area contributed by atoms with E-state index in [1.54, 1.807) is 11.1 Å². The minimum Gasteiger partial charge on any atom is -0.393 e. The summed E-state index contributed by atoms with van der Waals surface area (Å²) < 4.78 is 0. The molecule has 0 radical (unpaired) electrons. The van der Waals surface area contributed by atoms with E-state index in [-0.39, 0.29) is 6.10 Å². The predicted octanol–water partition coefficient (Wildman–Crippen LogP) is 7.33. The van der Waals surface area contributed by atoms with E-state index in [4.69, 9.17) is 0 Å². The van der Waals surface area contributed by atoms with Crippen LogP contribution in [-0.4, -0.2) is 11.2 Å². The average Bonchev–Trinajstić information content (AvgIpc) is 3.03. The zero-order valence-electron chi connectivity index (χ0n) is 19.7. The predicted molar refractivity (Wildman–Crippen MR) is 123 cm³/mol. The van der Waals surface area contributed by atoms with Crippen LogP contribution < -0.4 is 0 Å². The molecule has 0 aliphatic heterocycles.